The number of alkyl carbamates (subject to hydrolysis) is 1. The summed E-state index contributed by atoms with van der Waals surface area (Å²) < 4.78 is 5.20. The van der Waals surface area contributed by atoms with Crippen molar-refractivity contribution in [1.82, 2.24) is 15.5 Å². The maximum Gasteiger partial charge on any atom is 0.407 e. The number of aryl methyl sites for hydroxylation is 1. The van der Waals surface area contributed by atoms with Crippen LogP contribution in [0.3, 0.4) is 0 Å². The summed E-state index contributed by atoms with van der Waals surface area (Å²) in [6.45, 7) is 5.99. The Morgan fingerprint density at radius 1 is 1.06 bits per heavy atom. The molecular weight excluding hydrogens is 466 g/mol. The molecule has 10 nitrogen and oxygen atoms in total. The first kappa shape index (κ1) is 29.1. The molecule has 1 fully saturated rings. The molecule has 2 amide bonds. The van der Waals surface area contributed by atoms with E-state index in [2.05, 4.69) is 10.6 Å². The standard InChI is InChI=1S/C26H39N3O7/c1-26(2,3)36-25(35)27-16-8-7-12-19(22(30)29-17-9-13-21(29)24(33)34)28-20(23(31)32)15-14-18-10-5-4-6-11-18/h4-6,10-11,19-21,28H,7-9,12-17H2,1-3H3,(H,27,35)(H,31,32)(H,33,34)/t19-,20?,21+/m0/s1. The fourth-order valence-corrected chi connectivity index (χ4v) is 4.22. The van der Waals surface area contributed by atoms with Crippen molar-refractivity contribution >= 4 is 23.9 Å². The molecule has 1 aliphatic heterocycles. The van der Waals surface area contributed by atoms with Crippen molar-refractivity contribution in [3.63, 3.8) is 0 Å². The molecule has 1 unspecified atom stereocenters. The van der Waals surface area contributed by atoms with E-state index in [0.29, 0.717) is 51.6 Å². The average molecular weight is 506 g/mol. The van der Waals surface area contributed by atoms with E-state index in [1.165, 1.54) is 4.90 Å². The fraction of sp³-hybridized carbons (Fsp3) is 0.615. The molecule has 4 N–H and O–H groups in total. The molecule has 2 rings (SSSR count). The topological polar surface area (TPSA) is 145 Å². The molecule has 1 heterocycles. The maximum atomic E-state index is 13.3. The number of nitrogens with one attached hydrogen (secondary N) is 2. The van der Waals surface area contributed by atoms with Crippen molar-refractivity contribution in [2.45, 2.75) is 89.4 Å². The number of carboxylic acid groups (broad SMARTS) is 2. The number of rotatable bonds is 13. The van der Waals surface area contributed by atoms with Gasteiger partial charge in [-0.3, -0.25) is 14.9 Å². The highest BCUT2D eigenvalue weighted by atomic mass is 16.6. The molecule has 1 aliphatic rings. The van der Waals surface area contributed by atoms with Gasteiger partial charge in [0.1, 0.15) is 17.7 Å². The number of carbonyl (C=O) groups is 4. The zero-order chi connectivity index (χ0) is 26.7. The Morgan fingerprint density at radius 2 is 1.75 bits per heavy atom. The number of hydrogen-bond acceptors (Lipinski definition) is 6. The third-order valence-corrected chi connectivity index (χ3v) is 5.97. The third-order valence-electron chi connectivity index (χ3n) is 5.97. The van der Waals surface area contributed by atoms with Crippen molar-refractivity contribution in [3.8, 4) is 0 Å². The number of ether oxygens (including phenoxy) is 1. The van der Waals surface area contributed by atoms with E-state index in [-0.39, 0.29) is 6.42 Å². The van der Waals surface area contributed by atoms with Crippen LogP contribution in [0.25, 0.3) is 0 Å². The van der Waals surface area contributed by atoms with Gasteiger partial charge in [-0.25, -0.2) is 9.59 Å². The van der Waals surface area contributed by atoms with Crippen LogP contribution in [0, 0.1) is 0 Å². The van der Waals surface area contributed by atoms with Gasteiger partial charge in [0.15, 0.2) is 0 Å². The lowest BCUT2D eigenvalue weighted by molar-refractivity contribution is -0.149. The number of likely N-dealkylation sites (tertiary alicyclic amines) is 1. The summed E-state index contributed by atoms with van der Waals surface area (Å²) in [6.07, 6.45) is 2.63. The van der Waals surface area contributed by atoms with Crippen LogP contribution in [-0.4, -0.2) is 75.9 Å². The van der Waals surface area contributed by atoms with Gasteiger partial charge in [0, 0.05) is 13.1 Å². The van der Waals surface area contributed by atoms with Crippen LogP contribution < -0.4 is 10.6 Å². The number of aliphatic carboxylic acids is 2. The zero-order valence-electron chi connectivity index (χ0n) is 21.4. The summed E-state index contributed by atoms with van der Waals surface area (Å²) in [5, 5.41) is 25.0. The van der Waals surface area contributed by atoms with Gasteiger partial charge in [-0.1, -0.05) is 30.3 Å². The van der Waals surface area contributed by atoms with Crippen LogP contribution in [-0.2, 0) is 25.5 Å². The minimum Gasteiger partial charge on any atom is -0.480 e. The predicted molar refractivity (Wildman–Crippen MR) is 134 cm³/mol. The van der Waals surface area contributed by atoms with Gasteiger partial charge in [0.05, 0.1) is 6.04 Å². The van der Waals surface area contributed by atoms with Crippen LogP contribution in [0.4, 0.5) is 4.79 Å². The van der Waals surface area contributed by atoms with Gasteiger partial charge in [0.2, 0.25) is 5.91 Å². The number of unbranched alkanes of at least 4 members (excludes halogenated alkanes) is 1. The predicted octanol–water partition coefficient (Wildman–Crippen LogP) is 2.80. The Morgan fingerprint density at radius 3 is 2.36 bits per heavy atom. The van der Waals surface area contributed by atoms with E-state index in [9.17, 15) is 29.4 Å². The van der Waals surface area contributed by atoms with Gasteiger partial charge in [-0.05, 0) is 71.3 Å². The molecule has 0 bridgehead atoms. The molecule has 0 saturated carbocycles. The van der Waals surface area contributed by atoms with E-state index >= 15 is 0 Å². The van der Waals surface area contributed by atoms with Gasteiger partial charge in [0.25, 0.3) is 0 Å². The molecule has 3 atom stereocenters. The highest BCUT2D eigenvalue weighted by Gasteiger charge is 2.38. The summed E-state index contributed by atoms with van der Waals surface area (Å²) in [6, 6.07) is 6.78. The first-order valence-electron chi connectivity index (χ1n) is 12.5. The number of carboxylic acids is 2. The normalized spacial score (nSPS) is 17.3. The second-order valence-corrected chi connectivity index (χ2v) is 10.1. The first-order chi connectivity index (χ1) is 17.0. The Kier molecular flexibility index (Phi) is 11.2. The zero-order valence-corrected chi connectivity index (χ0v) is 21.4. The largest absolute Gasteiger partial charge is 0.480 e. The fourth-order valence-electron chi connectivity index (χ4n) is 4.22. The smallest absolute Gasteiger partial charge is 0.407 e. The molecule has 1 aromatic carbocycles. The quantitative estimate of drug-likeness (QED) is 0.300. The van der Waals surface area contributed by atoms with Crippen molar-refractivity contribution in [1.29, 1.82) is 0 Å². The van der Waals surface area contributed by atoms with Crippen LogP contribution in [0.2, 0.25) is 0 Å². The summed E-state index contributed by atoms with van der Waals surface area (Å²) >= 11 is 0. The van der Waals surface area contributed by atoms with Gasteiger partial charge >= 0.3 is 18.0 Å². The minimum atomic E-state index is -1.06. The summed E-state index contributed by atoms with van der Waals surface area (Å²) in [5.41, 5.74) is 0.389. The van der Waals surface area contributed by atoms with Crippen molar-refractivity contribution in [2.24, 2.45) is 0 Å². The SMILES string of the molecule is CC(C)(C)OC(=O)NCCCC[C@H](NC(CCc1ccccc1)C(=O)O)C(=O)N1CCC[C@@H]1C(=O)O. The molecule has 200 valence electrons. The van der Waals surface area contributed by atoms with Gasteiger partial charge in [-0.15, -0.1) is 0 Å². The lowest BCUT2D eigenvalue weighted by atomic mass is 10.0. The highest BCUT2D eigenvalue weighted by Crippen LogP contribution is 2.20. The lowest BCUT2D eigenvalue weighted by Gasteiger charge is -2.29. The Hall–Kier alpha value is -3.14. The van der Waals surface area contributed by atoms with Crippen LogP contribution >= 0.6 is 0 Å². The van der Waals surface area contributed by atoms with Crippen LogP contribution in [0.15, 0.2) is 30.3 Å². The van der Waals surface area contributed by atoms with Gasteiger partial charge < -0.3 is 25.2 Å². The number of nitrogens with zero attached hydrogens (tertiary/aromatic N) is 1. The third kappa shape index (κ3) is 9.85. The number of carbonyl (C=O) groups excluding carboxylic acids is 2. The van der Waals surface area contributed by atoms with E-state index in [1.807, 2.05) is 30.3 Å². The maximum absolute atomic E-state index is 13.3. The molecule has 0 spiro atoms. The Bertz CT molecular complexity index is 885. The number of benzene rings is 1. The Balaban J connectivity index is 2.01. The molecule has 0 aliphatic carbocycles. The molecular formula is C26H39N3O7. The van der Waals surface area contributed by atoms with Crippen molar-refractivity contribution in [3.05, 3.63) is 35.9 Å². The molecule has 0 radical (unpaired) electrons. The van der Waals surface area contributed by atoms with E-state index in [0.717, 1.165) is 5.56 Å². The molecule has 0 aromatic heterocycles. The lowest BCUT2D eigenvalue weighted by Crippen LogP contribution is -2.54. The molecule has 1 aromatic rings. The number of hydrogen-bond donors (Lipinski definition) is 4. The number of amides is 2. The first-order valence-corrected chi connectivity index (χ1v) is 12.5. The summed E-state index contributed by atoms with van der Waals surface area (Å²) in [5.74, 6) is -2.52. The van der Waals surface area contributed by atoms with Crippen LogP contribution in [0.1, 0.15) is 64.9 Å². The van der Waals surface area contributed by atoms with Crippen LogP contribution in [0.5, 0.6) is 0 Å². The Labute approximate surface area is 212 Å². The molecule has 36 heavy (non-hydrogen) atoms. The van der Waals surface area contributed by atoms with E-state index in [1.54, 1.807) is 20.8 Å². The second kappa shape index (κ2) is 13.8. The second-order valence-electron chi connectivity index (χ2n) is 10.1. The minimum absolute atomic E-state index is 0.283. The summed E-state index contributed by atoms with van der Waals surface area (Å²) in [4.78, 5) is 50.1. The average Bonchev–Trinajstić information content (AvgIpc) is 3.29. The molecule has 1 saturated heterocycles. The monoisotopic (exact) mass is 505 g/mol. The highest BCUT2D eigenvalue weighted by molar-refractivity contribution is 5.88. The molecule has 10 heteroatoms. The van der Waals surface area contributed by atoms with E-state index in [4.69, 9.17) is 4.74 Å². The van der Waals surface area contributed by atoms with E-state index < -0.39 is 47.7 Å². The van der Waals surface area contributed by atoms with Gasteiger partial charge in [-0.2, -0.15) is 0 Å². The van der Waals surface area contributed by atoms with Crippen molar-refractivity contribution in [2.75, 3.05) is 13.1 Å². The summed E-state index contributed by atoms with van der Waals surface area (Å²) in [7, 11) is 0. The van der Waals surface area contributed by atoms with Crippen molar-refractivity contribution < 1.29 is 34.1 Å².